The molecule has 3 N–H and O–H groups in total. The van der Waals surface area contributed by atoms with Gasteiger partial charge in [-0.2, -0.15) is 0 Å². The van der Waals surface area contributed by atoms with E-state index in [1.165, 1.54) is 0 Å². The van der Waals surface area contributed by atoms with Crippen molar-refractivity contribution in [2.75, 3.05) is 32.8 Å². The van der Waals surface area contributed by atoms with Crippen molar-refractivity contribution in [3.05, 3.63) is 34.9 Å². The number of benzene rings is 1. The van der Waals surface area contributed by atoms with E-state index < -0.39 is 17.4 Å². The highest BCUT2D eigenvalue weighted by molar-refractivity contribution is 6.30. The van der Waals surface area contributed by atoms with Crippen molar-refractivity contribution in [3.63, 3.8) is 0 Å². The number of primary amides is 1. The number of hydrogen-bond acceptors (Lipinski definition) is 5. The Morgan fingerprint density at radius 3 is 2.14 bits per heavy atom. The number of nitrogens with two attached hydrogens (primary N) is 1. The molecule has 9 heteroatoms. The third kappa shape index (κ3) is 6.74. The van der Waals surface area contributed by atoms with E-state index in [4.69, 9.17) is 17.3 Å². The number of hydrogen-bond donors (Lipinski definition) is 2. The summed E-state index contributed by atoms with van der Waals surface area (Å²) < 4.78 is -0.0473. The van der Waals surface area contributed by atoms with Crippen LogP contribution in [0, 0.1) is 16.7 Å². The molecule has 0 spiro atoms. The normalized spacial score (nSPS) is 30.0. The molecule has 2 saturated heterocycles. The van der Waals surface area contributed by atoms with E-state index in [2.05, 4.69) is 39.5 Å². The topological polar surface area (TPSA) is 104 Å². The monoisotopic (exact) mass is 631 g/mol. The highest BCUT2D eigenvalue weighted by Crippen LogP contribution is 2.44. The molecule has 3 amide bonds. The van der Waals surface area contributed by atoms with Crippen molar-refractivity contribution in [3.8, 4) is 0 Å². The Kier molecular flexibility index (Phi) is 10.0. The maximum atomic E-state index is 15.1. The quantitative estimate of drug-likeness (QED) is 0.395. The summed E-state index contributed by atoms with van der Waals surface area (Å²) in [6.07, 6.45) is 4.06. The molecule has 246 valence electrons. The van der Waals surface area contributed by atoms with Gasteiger partial charge in [-0.15, -0.1) is 0 Å². The van der Waals surface area contributed by atoms with Crippen molar-refractivity contribution in [2.24, 2.45) is 22.5 Å². The highest BCUT2D eigenvalue weighted by atomic mass is 35.5. The Balaban J connectivity index is 1.74. The summed E-state index contributed by atoms with van der Waals surface area (Å²) in [5, 5.41) is 10.9. The first-order valence-corrected chi connectivity index (χ1v) is 16.9. The first-order chi connectivity index (χ1) is 20.4. The average Bonchev–Trinajstić information content (AvgIpc) is 3.58. The number of carbonyl (C=O) groups excluding carboxylic acids is 3. The van der Waals surface area contributed by atoms with Crippen LogP contribution in [-0.2, 0) is 14.4 Å². The summed E-state index contributed by atoms with van der Waals surface area (Å²) in [6, 6.07) is 6.72. The zero-order chi connectivity index (χ0) is 32.8. The largest absolute Gasteiger partial charge is 0.395 e. The lowest BCUT2D eigenvalue weighted by atomic mass is 9.74. The van der Waals surface area contributed by atoms with Crippen LogP contribution in [0.1, 0.15) is 99.0 Å². The molecule has 3 aliphatic rings. The van der Waals surface area contributed by atoms with Crippen LogP contribution in [0.3, 0.4) is 0 Å². The molecule has 1 aromatic rings. The number of halogens is 1. The molecule has 1 aliphatic carbocycles. The Hall–Kier alpha value is -2.00. The number of likely N-dealkylation sites (tertiary alicyclic amines) is 2. The van der Waals surface area contributed by atoms with E-state index in [0.717, 1.165) is 37.8 Å². The van der Waals surface area contributed by atoms with Gasteiger partial charge in [0.2, 0.25) is 5.91 Å². The zero-order valence-electron chi connectivity index (χ0n) is 28.2. The third-order valence-corrected chi connectivity index (χ3v) is 11.4. The summed E-state index contributed by atoms with van der Waals surface area (Å²) in [6.45, 7) is 18.4. The van der Waals surface area contributed by atoms with Gasteiger partial charge in [0.15, 0.2) is 6.04 Å². The molecule has 1 saturated carbocycles. The zero-order valence-corrected chi connectivity index (χ0v) is 29.0. The van der Waals surface area contributed by atoms with Crippen molar-refractivity contribution < 1.29 is 24.0 Å². The molecular weight excluding hydrogens is 576 g/mol. The summed E-state index contributed by atoms with van der Waals surface area (Å²) in [5.41, 5.74) is 6.30. The summed E-state index contributed by atoms with van der Waals surface area (Å²) in [7, 11) is 0. The van der Waals surface area contributed by atoms with Crippen LogP contribution in [0.25, 0.3) is 0 Å². The van der Waals surface area contributed by atoms with Gasteiger partial charge >= 0.3 is 5.91 Å². The van der Waals surface area contributed by atoms with Gasteiger partial charge in [-0.05, 0) is 90.3 Å². The number of rotatable bonds is 8. The summed E-state index contributed by atoms with van der Waals surface area (Å²) >= 11 is 6.23. The van der Waals surface area contributed by atoms with Crippen molar-refractivity contribution in [1.29, 1.82) is 0 Å². The number of likely N-dealkylation sites (N-methyl/N-ethyl adjacent to an activating group) is 1. The molecule has 1 unspecified atom stereocenters. The number of nitrogens with zero attached hydrogens (tertiary/aromatic N) is 3. The molecule has 3 fully saturated rings. The van der Waals surface area contributed by atoms with E-state index >= 15 is 4.79 Å². The van der Waals surface area contributed by atoms with Crippen LogP contribution >= 0.6 is 11.6 Å². The van der Waals surface area contributed by atoms with Gasteiger partial charge in [0.25, 0.3) is 5.91 Å². The second-order valence-electron chi connectivity index (χ2n) is 16.2. The predicted molar refractivity (Wildman–Crippen MR) is 175 cm³/mol. The molecule has 5 atom stereocenters. The Morgan fingerprint density at radius 1 is 1.05 bits per heavy atom. The van der Waals surface area contributed by atoms with Crippen LogP contribution < -0.4 is 5.73 Å². The van der Waals surface area contributed by atoms with Gasteiger partial charge in [0, 0.05) is 42.0 Å². The maximum Gasteiger partial charge on any atom is 0.319 e. The van der Waals surface area contributed by atoms with Gasteiger partial charge in [0.1, 0.15) is 6.54 Å². The molecule has 4 rings (SSSR count). The van der Waals surface area contributed by atoms with E-state index in [0.29, 0.717) is 31.1 Å². The third-order valence-electron chi connectivity index (χ3n) is 11.1. The SMILES string of the molecule is CC[N+]1(C(=O)[C@@H]2CN(C(C)(C)C)C[C@H]2c2ccc(Cl)cc2)C[C@@H](N(C(=O)C(C)(C)CO)C2CCC(C)(C)CC2)C[C@H]1C(N)=O. The minimum absolute atomic E-state index is 0.00323. The number of aliphatic hydroxyl groups is 1. The van der Waals surface area contributed by atoms with Crippen molar-refractivity contribution >= 4 is 29.3 Å². The lowest BCUT2D eigenvalue weighted by Gasteiger charge is -2.45. The molecule has 0 bridgehead atoms. The molecule has 0 aromatic heterocycles. The molecule has 2 aliphatic heterocycles. The van der Waals surface area contributed by atoms with Gasteiger partial charge in [-0.25, -0.2) is 9.28 Å². The van der Waals surface area contributed by atoms with Crippen LogP contribution in [0.4, 0.5) is 0 Å². The molecule has 1 aromatic carbocycles. The Bertz CT molecular complexity index is 1220. The number of amides is 3. The summed E-state index contributed by atoms with van der Waals surface area (Å²) in [4.78, 5) is 46.8. The van der Waals surface area contributed by atoms with Gasteiger partial charge < -0.3 is 15.7 Å². The maximum absolute atomic E-state index is 15.1. The molecule has 44 heavy (non-hydrogen) atoms. The van der Waals surface area contributed by atoms with Crippen LogP contribution in [-0.4, -0.2) is 93.6 Å². The average molecular weight is 632 g/mol. The fraction of sp³-hybridized carbons (Fsp3) is 0.743. The van der Waals surface area contributed by atoms with E-state index in [1.54, 1.807) is 13.8 Å². The van der Waals surface area contributed by atoms with Gasteiger partial charge in [0.05, 0.1) is 30.5 Å². The second-order valence-corrected chi connectivity index (χ2v) is 16.6. The van der Waals surface area contributed by atoms with Gasteiger partial charge in [-0.1, -0.05) is 37.6 Å². The van der Waals surface area contributed by atoms with E-state index in [9.17, 15) is 14.7 Å². The molecular formula is C35H56ClN4O4+. The van der Waals surface area contributed by atoms with Crippen LogP contribution in [0.15, 0.2) is 24.3 Å². The summed E-state index contributed by atoms with van der Waals surface area (Å²) in [5.74, 6) is -0.969. The van der Waals surface area contributed by atoms with Crippen molar-refractivity contribution in [1.82, 2.24) is 9.80 Å². The van der Waals surface area contributed by atoms with Crippen molar-refractivity contribution in [2.45, 2.75) is 117 Å². The smallest absolute Gasteiger partial charge is 0.319 e. The molecule has 8 nitrogen and oxygen atoms in total. The van der Waals surface area contributed by atoms with Crippen LogP contribution in [0.2, 0.25) is 5.02 Å². The number of carbonyl (C=O) groups is 3. The minimum Gasteiger partial charge on any atom is -0.395 e. The minimum atomic E-state index is -0.970. The first kappa shape index (κ1) is 34.9. The van der Waals surface area contributed by atoms with Crippen LogP contribution in [0.5, 0.6) is 0 Å². The molecule has 2 heterocycles. The van der Waals surface area contributed by atoms with E-state index in [-0.39, 0.29) is 57.8 Å². The van der Waals surface area contributed by atoms with Gasteiger partial charge in [-0.3, -0.25) is 14.5 Å². The number of quaternary nitrogens is 1. The lowest BCUT2D eigenvalue weighted by Crippen LogP contribution is -2.63. The number of aliphatic hydroxyl groups excluding tert-OH is 1. The fourth-order valence-electron chi connectivity index (χ4n) is 8.04. The first-order valence-electron chi connectivity index (χ1n) is 16.5. The Labute approximate surface area is 269 Å². The van der Waals surface area contributed by atoms with E-state index in [1.807, 2.05) is 36.1 Å². The predicted octanol–water partition coefficient (Wildman–Crippen LogP) is 4.96. The molecule has 0 radical (unpaired) electrons. The standard InChI is InChI=1S/C35H55ClN4O4/c1-9-40(31(43)28-20-38(33(2,3)4)19-27(28)23-10-12-24(36)13-11-23)21-26(18-29(40)30(37)42)39(32(44)35(7,8)22-41)25-14-16-34(5,6)17-15-25/h10-13,25-29,41H,9,14-22H2,1-8H3,(H-,37,42)/p+1/t26-,27-,28+,29-,40?/m0/s1. The lowest BCUT2D eigenvalue weighted by molar-refractivity contribution is -0.858. The highest BCUT2D eigenvalue weighted by Gasteiger charge is 2.60. The fourth-order valence-corrected chi connectivity index (χ4v) is 8.16. The Morgan fingerprint density at radius 2 is 1.64 bits per heavy atom. The second kappa shape index (κ2) is 12.7.